The Kier molecular flexibility index (Phi) is 4.67. The average molecular weight is 349 g/mol. The summed E-state index contributed by atoms with van der Waals surface area (Å²) in [7, 11) is 0. The van der Waals surface area contributed by atoms with Gasteiger partial charge in [0.15, 0.2) is 0 Å². The van der Waals surface area contributed by atoms with Crippen molar-refractivity contribution < 1.29 is 14.6 Å². The van der Waals surface area contributed by atoms with E-state index in [4.69, 9.17) is 4.74 Å². The van der Waals surface area contributed by atoms with E-state index < -0.39 is 6.10 Å². The standard InChI is InChI=1S/C19H27NO3S/c21-16(14-4-2-1-3-5-14)18(22)20-10-8-19(9-11-20)17-15(6-12-23-19)7-13-24-17/h7,13-14,16,21H,1-6,8-12H2/t16-/m1/s1. The Hall–Kier alpha value is -0.910. The van der Waals surface area contributed by atoms with E-state index in [1.165, 1.54) is 16.9 Å². The van der Waals surface area contributed by atoms with Gasteiger partial charge in [-0.1, -0.05) is 19.3 Å². The number of aliphatic hydroxyl groups is 1. The normalized spacial score (nSPS) is 25.5. The van der Waals surface area contributed by atoms with Crippen molar-refractivity contribution in [2.45, 2.75) is 63.1 Å². The molecular weight excluding hydrogens is 322 g/mol. The maximum atomic E-state index is 12.7. The highest BCUT2D eigenvalue weighted by atomic mass is 32.1. The maximum absolute atomic E-state index is 12.7. The molecule has 4 rings (SSSR count). The fourth-order valence-corrected chi connectivity index (χ4v) is 5.82. The fraction of sp³-hybridized carbons (Fsp3) is 0.737. The maximum Gasteiger partial charge on any atom is 0.251 e. The Morgan fingerprint density at radius 1 is 1.29 bits per heavy atom. The number of piperidine rings is 1. The number of amides is 1. The molecule has 1 aromatic heterocycles. The molecular formula is C19H27NO3S. The van der Waals surface area contributed by atoms with Crippen molar-refractivity contribution in [3.63, 3.8) is 0 Å². The molecule has 24 heavy (non-hydrogen) atoms. The number of nitrogens with zero attached hydrogens (tertiary/aromatic N) is 1. The summed E-state index contributed by atoms with van der Waals surface area (Å²) in [6.45, 7) is 2.17. The van der Waals surface area contributed by atoms with Crippen LogP contribution in [-0.4, -0.2) is 41.7 Å². The molecule has 2 fully saturated rings. The summed E-state index contributed by atoms with van der Waals surface area (Å²) in [5.74, 6) is 0.107. The van der Waals surface area contributed by atoms with Crippen molar-refractivity contribution in [3.05, 3.63) is 21.9 Å². The van der Waals surface area contributed by atoms with Crippen molar-refractivity contribution in [1.82, 2.24) is 4.90 Å². The lowest BCUT2D eigenvalue weighted by atomic mass is 9.83. The van der Waals surface area contributed by atoms with Crippen molar-refractivity contribution in [2.75, 3.05) is 19.7 Å². The van der Waals surface area contributed by atoms with Gasteiger partial charge in [-0.05, 0) is 55.0 Å². The lowest BCUT2D eigenvalue weighted by Crippen LogP contribution is -2.51. The van der Waals surface area contributed by atoms with E-state index in [9.17, 15) is 9.90 Å². The molecule has 0 aromatic carbocycles. The van der Waals surface area contributed by atoms with E-state index >= 15 is 0 Å². The van der Waals surface area contributed by atoms with Crippen molar-refractivity contribution >= 4 is 17.2 Å². The minimum Gasteiger partial charge on any atom is -0.383 e. The predicted octanol–water partition coefficient (Wildman–Crippen LogP) is 3.08. The zero-order valence-electron chi connectivity index (χ0n) is 14.2. The first-order chi connectivity index (χ1) is 11.7. The number of fused-ring (bicyclic) bond motifs is 2. The van der Waals surface area contributed by atoms with Gasteiger partial charge in [-0.25, -0.2) is 0 Å². The van der Waals surface area contributed by atoms with Gasteiger partial charge in [0.25, 0.3) is 5.91 Å². The van der Waals surface area contributed by atoms with Crippen LogP contribution in [0.15, 0.2) is 11.4 Å². The molecule has 1 amide bonds. The van der Waals surface area contributed by atoms with Gasteiger partial charge < -0.3 is 14.7 Å². The first-order valence-electron chi connectivity index (χ1n) is 9.37. The van der Waals surface area contributed by atoms with Gasteiger partial charge in [0.05, 0.1) is 6.61 Å². The van der Waals surface area contributed by atoms with E-state index in [0.29, 0.717) is 13.1 Å². The van der Waals surface area contributed by atoms with Gasteiger partial charge in [0, 0.05) is 18.0 Å². The van der Waals surface area contributed by atoms with Crippen LogP contribution in [0, 0.1) is 5.92 Å². The topological polar surface area (TPSA) is 49.8 Å². The molecule has 1 spiro atoms. The summed E-state index contributed by atoms with van der Waals surface area (Å²) in [5.41, 5.74) is 1.24. The number of likely N-dealkylation sites (tertiary alicyclic amines) is 1. The van der Waals surface area contributed by atoms with E-state index in [1.54, 1.807) is 11.3 Å². The van der Waals surface area contributed by atoms with Crippen molar-refractivity contribution in [1.29, 1.82) is 0 Å². The van der Waals surface area contributed by atoms with Crippen LogP contribution in [-0.2, 0) is 21.6 Å². The van der Waals surface area contributed by atoms with Crippen LogP contribution >= 0.6 is 11.3 Å². The van der Waals surface area contributed by atoms with Crippen molar-refractivity contribution in [2.24, 2.45) is 5.92 Å². The minimum absolute atomic E-state index is 0.0565. The summed E-state index contributed by atoms with van der Waals surface area (Å²) < 4.78 is 6.21. The van der Waals surface area contributed by atoms with Gasteiger partial charge in [-0.2, -0.15) is 0 Å². The Morgan fingerprint density at radius 2 is 2.04 bits per heavy atom. The molecule has 1 saturated heterocycles. The summed E-state index contributed by atoms with van der Waals surface area (Å²) in [6.07, 6.45) is 7.42. The van der Waals surface area contributed by atoms with Crippen LogP contribution in [0.3, 0.4) is 0 Å². The first-order valence-corrected chi connectivity index (χ1v) is 10.3. The van der Waals surface area contributed by atoms with Crippen LogP contribution in [0.25, 0.3) is 0 Å². The van der Waals surface area contributed by atoms with Crippen LogP contribution in [0.5, 0.6) is 0 Å². The highest BCUT2D eigenvalue weighted by Crippen LogP contribution is 2.44. The number of aliphatic hydroxyl groups excluding tert-OH is 1. The van der Waals surface area contributed by atoms with Crippen LogP contribution < -0.4 is 0 Å². The molecule has 1 aromatic rings. The summed E-state index contributed by atoms with van der Waals surface area (Å²) in [6, 6.07) is 2.22. The number of carbonyl (C=O) groups excluding carboxylic acids is 1. The van der Waals surface area contributed by atoms with E-state index in [1.807, 2.05) is 4.90 Å². The molecule has 0 bridgehead atoms. The fourth-order valence-electron chi connectivity index (χ4n) is 4.65. The summed E-state index contributed by atoms with van der Waals surface area (Å²) >= 11 is 1.79. The molecule has 1 N–H and O–H groups in total. The van der Waals surface area contributed by atoms with E-state index in [0.717, 1.165) is 51.6 Å². The zero-order valence-corrected chi connectivity index (χ0v) is 15.0. The number of hydrogen-bond acceptors (Lipinski definition) is 4. The molecule has 1 aliphatic carbocycles. The number of carbonyl (C=O) groups is 1. The second-order valence-corrected chi connectivity index (χ2v) is 8.45. The smallest absolute Gasteiger partial charge is 0.251 e. The lowest BCUT2D eigenvalue weighted by molar-refractivity contribution is -0.151. The van der Waals surface area contributed by atoms with E-state index in [-0.39, 0.29) is 17.4 Å². The molecule has 1 atom stereocenters. The van der Waals surface area contributed by atoms with Crippen LogP contribution in [0.1, 0.15) is 55.4 Å². The third-order valence-corrected chi connectivity index (χ3v) is 7.28. The third-order valence-electron chi connectivity index (χ3n) is 6.14. The van der Waals surface area contributed by atoms with E-state index in [2.05, 4.69) is 11.4 Å². The molecule has 3 aliphatic rings. The van der Waals surface area contributed by atoms with Gasteiger partial charge in [-0.3, -0.25) is 4.79 Å². The molecule has 3 heterocycles. The quantitative estimate of drug-likeness (QED) is 0.893. The number of thiophene rings is 1. The number of hydrogen-bond donors (Lipinski definition) is 1. The molecule has 1 saturated carbocycles. The molecule has 2 aliphatic heterocycles. The average Bonchev–Trinajstić information content (AvgIpc) is 3.12. The Bertz CT molecular complexity index is 585. The lowest BCUT2D eigenvalue weighted by Gasteiger charge is -2.44. The van der Waals surface area contributed by atoms with Gasteiger partial charge in [-0.15, -0.1) is 11.3 Å². The number of rotatable bonds is 2. The third kappa shape index (κ3) is 2.91. The second-order valence-electron chi connectivity index (χ2n) is 7.54. The zero-order chi connectivity index (χ0) is 16.6. The van der Waals surface area contributed by atoms with Crippen LogP contribution in [0.2, 0.25) is 0 Å². The first kappa shape index (κ1) is 16.6. The molecule has 0 radical (unpaired) electrons. The SMILES string of the molecule is O=C([C@H](O)C1CCCCC1)N1CCC2(CC1)OCCc1ccsc12. The molecule has 132 valence electrons. The van der Waals surface area contributed by atoms with Crippen molar-refractivity contribution in [3.8, 4) is 0 Å². The Balaban J connectivity index is 1.40. The highest BCUT2D eigenvalue weighted by Gasteiger charge is 2.43. The van der Waals surface area contributed by atoms with Gasteiger partial charge in [0.1, 0.15) is 11.7 Å². The second kappa shape index (κ2) is 6.77. The van der Waals surface area contributed by atoms with Crippen LogP contribution in [0.4, 0.5) is 0 Å². The molecule has 4 nitrogen and oxygen atoms in total. The monoisotopic (exact) mass is 349 g/mol. The Labute approximate surface area is 147 Å². The number of ether oxygens (including phenoxy) is 1. The molecule has 5 heteroatoms. The Morgan fingerprint density at radius 3 is 2.79 bits per heavy atom. The summed E-state index contributed by atoms with van der Waals surface area (Å²) in [5, 5.41) is 12.7. The minimum atomic E-state index is -0.802. The molecule has 0 unspecified atom stereocenters. The van der Waals surface area contributed by atoms with Gasteiger partial charge >= 0.3 is 0 Å². The summed E-state index contributed by atoms with van der Waals surface area (Å²) in [4.78, 5) is 15.9. The van der Waals surface area contributed by atoms with Gasteiger partial charge in [0.2, 0.25) is 0 Å². The highest BCUT2D eigenvalue weighted by molar-refractivity contribution is 7.10. The largest absolute Gasteiger partial charge is 0.383 e. The predicted molar refractivity (Wildman–Crippen MR) is 94.0 cm³/mol.